The number of carbonyl (C=O) groups excluding carboxylic acids is 1. The number of fused-ring (bicyclic) bond motifs is 3. The summed E-state index contributed by atoms with van der Waals surface area (Å²) in [5, 5.41) is 10.4. The van der Waals surface area contributed by atoms with E-state index in [0.29, 0.717) is 11.7 Å². The fraction of sp³-hybridized carbons (Fsp3) is 0.310. The van der Waals surface area contributed by atoms with Crippen LogP contribution in [0.2, 0.25) is 0 Å². The summed E-state index contributed by atoms with van der Waals surface area (Å²) in [5.74, 6) is -0.0210. The van der Waals surface area contributed by atoms with E-state index in [-0.39, 0.29) is 23.6 Å². The second-order valence-electron chi connectivity index (χ2n) is 9.29. The number of hydrogen-bond acceptors (Lipinski definition) is 6. The molecule has 0 saturated carbocycles. The van der Waals surface area contributed by atoms with E-state index >= 15 is 0 Å². The summed E-state index contributed by atoms with van der Waals surface area (Å²) in [6.45, 7) is 4.35. The van der Waals surface area contributed by atoms with Crippen molar-refractivity contribution in [1.82, 2.24) is 9.55 Å². The van der Waals surface area contributed by atoms with E-state index in [2.05, 4.69) is 12.1 Å². The number of benzene rings is 2. The number of nitriles is 1. The summed E-state index contributed by atoms with van der Waals surface area (Å²) in [6, 6.07) is 17.5. The van der Waals surface area contributed by atoms with Crippen LogP contribution in [0.1, 0.15) is 40.8 Å². The zero-order valence-electron chi connectivity index (χ0n) is 21.0. The number of hydrogen-bond donors (Lipinski definition) is 0. The maximum atomic E-state index is 14.0. The largest absolute Gasteiger partial charge is 0.311 e. The van der Waals surface area contributed by atoms with Crippen molar-refractivity contribution in [3.63, 3.8) is 0 Å². The Morgan fingerprint density at radius 2 is 1.95 bits per heavy atom. The van der Waals surface area contributed by atoms with Crippen LogP contribution in [0.3, 0.4) is 0 Å². The highest BCUT2D eigenvalue weighted by Crippen LogP contribution is 2.35. The zero-order valence-corrected chi connectivity index (χ0v) is 22.6. The highest BCUT2D eigenvalue weighted by molar-refractivity contribution is 7.99. The van der Waals surface area contributed by atoms with E-state index in [1.54, 1.807) is 20.8 Å². The molecule has 4 aromatic rings. The second-order valence-corrected chi connectivity index (χ2v) is 11.3. The average molecular weight is 529 g/mol. The number of thiophene rings is 1. The van der Waals surface area contributed by atoms with E-state index in [9.17, 15) is 9.59 Å². The molecule has 2 heterocycles. The highest BCUT2D eigenvalue weighted by atomic mass is 32.2. The van der Waals surface area contributed by atoms with Gasteiger partial charge in [0.15, 0.2) is 5.16 Å². The van der Waals surface area contributed by atoms with E-state index < -0.39 is 0 Å². The van der Waals surface area contributed by atoms with Gasteiger partial charge in [-0.2, -0.15) is 5.26 Å². The maximum absolute atomic E-state index is 14.0. The molecule has 0 unspecified atom stereocenters. The van der Waals surface area contributed by atoms with Crippen molar-refractivity contribution >= 4 is 44.9 Å². The summed E-state index contributed by atoms with van der Waals surface area (Å²) < 4.78 is 1.69. The number of nitrogens with zero attached hydrogens (tertiary/aromatic N) is 4. The fourth-order valence-electron chi connectivity index (χ4n) is 4.92. The molecule has 1 amide bonds. The molecule has 188 valence electrons. The van der Waals surface area contributed by atoms with Gasteiger partial charge in [-0.1, -0.05) is 47.7 Å². The first kappa shape index (κ1) is 25.2. The van der Waals surface area contributed by atoms with Gasteiger partial charge in [0.05, 0.1) is 29.3 Å². The molecule has 0 spiro atoms. The van der Waals surface area contributed by atoms with Crippen LogP contribution >= 0.6 is 23.1 Å². The number of thioether (sulfide) groups is 1. The van der Waals surface area contributed by atoms with Crippen molar-refractivity contribution in [3.05, 3.63) is 80.5 Å². The van der Waals surface area contributed by atoms with Crippen molar-refractivity contribution in [2.24, 2.45) is 0 Å². The molecule has 0 radical (unpaired) electrons. The van der Waals surface area contributed by atoms with Crippen LogP contribution < -0.4 is 10.5 Å². The minimum atomic E-state index is -0.126. The number of para-hydroxylation sites is 1. The van der Waals surface area contributed by atoms with Gasteiger partial charge in [-0.05, 0) is 68.9 Å². The third kappa shape index (κ3) is 5.07. The van der Waals surface area contributed by atoms with Crippen LogP contribution in [0.15, 0.2) is 58.5 Å². The molecule has 0 aliphatic heterocycles. The van der Waals surface area contributed by atoms with E-state index in [1.165, 1.54) is 16.6 Å². The second kappa shape index (κ2) is 10.9. The van der Waals surface area contributed by atoms with Gasteiger partial charge in [-0.25, -0.2) is 4.98 Å². The molecule has 8 heteroatoms. The number of rotatable bonds is 7. The minimum Gasteiger partial charge on any atom is -0.311 e. The van der Waals surface area contributed by atoms with E-state index in [0.717, 1.165) is 64.0 Å². The lowest BCUT2D eigenvalue weighted by atomic mass is 9.97. The van der Waals surface area contributed by atoms with Crippen LogP contribution in [-0.2, 0) is 17.6 Å². The highest BCUT2D eigenvalue weighted by Gasteiger charge is 2.24. The third-order valence-electron chi connectivity index (χ3n) is 6.69. The quantitative estimate of drug-likeness (QED) is 0.218. The molecule has 6 nitrogen and oxygen atoms in total. The lowest BCUT2D eigenvalue weighted by Crippen LogP contribution is -2.33. The molecule has 0 fully saturated rings. The summed E-state index contributed by atoms with van der Waals surface area (Å²) in [7, 11) is 0. The van der Waals surface area contributed by atoms with Crippen LogP contribution in [0.25, 0.3) is 15.9 Å². The Labute approximate surface area is 224 Å². The molecule has 0 saturated heterocycles. The molecular weight excluding hydrogens is 500 g/mol. The molecule has 2 aromatic carbocycles. The first-order chi connectivity index (χ1) is 18.0. The molecule has 0 N–H and O–H groups in total. The molecule has 0 bridgehead atoms. The Bertz CT molecular complexity index is 1570. The molecule has 2 aromatic heterocycles. The van der Waals surface area contributed by atoms with Gasteiger partial charge in [0.2, 0.25) is 5.91 Å². The van der Waals surface area contributed by atoms with Crippen LogP contribution in [-0.4, -0.2) is 27.8 Å². The molecule has 0 atom stereocenters. The standard InChI is InChI=1S/C29H28N4O2S2/c1-19-13-14-23(20(2)17-19)33-28(35)26-22-11-6-7-12-24(22)37-27(26)31-29(33)36-18-25(34)32(16-8-15-30)21-9-4-3-5-10-21/h3-5,9-10,13-14,17H,6-8,11-12,16,18H2,1-2H3. The number of amides is 1. The summed E-state index contributed by atoms with van der Waals surface area (Å²) in [6.07, 6.45) is 4.37. The van der Waals surface area contributed by atoms with Crippen molar-refractivity contribution in [2.45, 2.75) is 51.1 Å². The molecule has 5 rings (SSSR count). The summed E-state index contributed by atoms with van der Waals surface area (Å²) in [4.78, 5) is 36.1. The first-order valence-electron chi connectivity index (χ1n) is 12.5. The SMILES string of the molecule is Cc1ccc(-n2c(SCC(=O)N(CCC#N)c3ccccc3)nc3sc4c(c3c2=O)CCCC4)c(C)c1. The van der Waals surface area contributed by atoms with Gasteiger partial charge in [0.1, 0.15) is 4.83 Å². The topological polar surface area (TPSA) is 79.0 Å². The Balaban J connectivity index is 1.56. The number of aromatic nitrogens is 2. The van der Waals surface area contributed by atoms with Gasteiger partial charge in [-0.3, -0.25) is 14.2 Å². The van der Waals surface area contributed by atoms with Crippen molar-refractivity contribution < 1.29 is 4.79 Å². The Morgan fingerprint density at radius 1 is 1.16 bits per heavy atom. The maximum Gasteiger partial charge on any atom is 0.267 e. The number of aryl methyl sites for hydroxylation is 4. The summed E-state index contributed by atoms with van der Waals surface area (Å²) >= 11 is 2.90. The monoisotopic (exact) mass is 528 g/mol. The van der Waals surface area contributed by atoms with Gasteiger partial charge >= 0.3 is 0 Å². The zero-order chi connectivity index (χ0) is 25.9. The number of anilines is 1. The van der Waals surface area contributed by atoms with Gasteiger partial charge in [-0.15, -0.1) is 11.3 Å². The van der Waals surface area contributed by atoms with Crippen LogP contribution in [0.4, 0.5) is 5.69 Å². The molecule has 1 aliphatic carbocycles. The van der Waals surface area contributed by atoms with Gasteiger partial charge in [0, 0.05) is 17.1 Å². The Hall–Kier alpha value is -3.41. The molecular formula is C29H28N4O2S2. The van der Waals surface area contributed by atoms with Crippen molar-refractivity contribution in [2.75, 3.05) is 17.2 Å². The molecule has 1 aliphatic rings. The fourth-order valence-corrected chi connectivity index (χ4v) is 7.11. The minimum absolute atomic E-state index is 0.0595. The van der Waals surface area contributed by atoms with E-state index in [1.807, 2.05) is 56.3 Å². The van der Waals surface area contributed by atoms with Crippen LogP contribution in [0.5, 0.6) is 0 Å². The Morgan fingerprint density at radius 3 is 2.70 bits per heavy atom. The van der Waals surface area contributed by atoms with Crippen molar-refractivity contribution in [3.8, 4) is 11.8 Å². The normalized spacial score (nSPS) is 12.8. The third-order valence-corrected chi connectivity index (χ3v) is 8.80. The predicted octanol–water partition coefficient (Wildman–Crippen LogP) is 5.98. The summed E-state index contributed by atoms with van der Waals surface area (Å²) in [5.41, 5.74) is 4.75. The van der Waals surface area contributed by atoms with Crippen molar-refractivity contribution in [1.29, 1.82) is 5.26 Å². The Kier molecular flexibility index (Phi) is 7.45. The lowest BCUT2D eigenvalue weighted by Gasteiger charge is -2.22. The number of carbonyl (C=O) groups is 1. The molecule has 37 heavy (non-hydrogen) atoms. The van der Waals surface area contributed by atoms with Gasteiger partial charge in [0.25, 0.3) is 5.56 Å². The van der Waals surface area contributed by atoms with Gasteiger partial charge < -0.3 is 4.90 Å². The van der Waals surface area contributed by atoms with E-state index in [4.69, 9.17) is 10.2 Å². The lowest BCUT2D eigenvalue weighted by molar-refractivity contribution is -0.116. The predicted molar refractivity (Wildman–Crippen MR) is 151 cm³/mol. The first-order valence-corrected chi connectivity index (χ1v) is 14.3. The average Bonchev–Trinajstić information content (AvgIpc) is 3.28. The van der Waals surface area contributed by atoms with Crippen LogP contribution in [0, 0.1) is 25.2 Å². The smallest absolute Gasteiger partial charge is 0.267 e.